The summed E-state index contributed by atoms with van der Waals surface area (Å²) in [5.41, 5.74) is 3.53. The first-order valence-corrected chi connectivity index (χ1v) is 6.27. The van der Waals surface area contributed by atoms with Crippen LogP contribution >= 0.6 is 0 Å². The van der Waals surface area contributed by atoms with Crippen LogP contribution in [0.1, 0.15) is 17.5 Å². The van der Waals surface area contributed by atoms with Crippen molar-refractivity contribution in [3.63, 3.8) is 0 Å². The third-order valence-corrected chi connectivity index (χ3v) is 3.22. The summed E-state index contributed by atoms with van der Waals surface area (Å²) in [5, 5.41) is 2.96. The Labute approximate surface area is 108 Å². The van der Waals surface area contributed by atoms with E-state index in [2.05, 4.69) is 36.4 Å². The van der Waals surface area contributed by atoms with Crippen LogP contribution in [-0.4, -0.2) is 25.5 Å². The molecule has 0 radical (unpaired) electrons. The number of nitrogens with zero attached hydrogens (tertiary/aromatic N) is 1. The Hall–Kier alpha value is -1.79. The smallest absolute Gasteiger partial charge is 0.240 e. The number of amides is 1. The normalized spacial score (nSPS) is 13.9. The van der Waals surface area contributed by atoms with E-state index in [0.29, 0.717) is 13.1 Å². The molecule has 18 heavy (non-hydrogen) atoms. The van der Waals surface area contributed by atoms with Crippen molar-refractivity contribution in [2.24, 2.45) is 0 Å². The number of para-hydroxylation sites is 1. The lowest BCUT2D eigenvalue weighted by atomic mass is 9.98. The lowest BCUT2D eigenvalue weighted by Gasteiger charge is -2.31. The molecule has 0 saturated carbocycles. The fourth-order valence-electron chi connectivity index (χ4n) is 2.43. The van der Waals surface area contributed by atoms with Gasteiger partial charge in [-0.1, -0.05) is 24.1 Å². The summed E-state index contributed by atoms with van der Waals surface area (Å²) in [4.78, 5) is 14.1. The standard InChI is InChI=1S/C15H18N2O/c1-3-9-16-11-14(18)17-10-5-8-13-7-4-6-12(2)15(13)17/h1,4,6-7,16H,5,8-11H2,2H3. The van der Waals surface area contributed by atoms with E-state index in [0.717, 1.165) is 30.6 Å². The van der Waals surface area contributed by atoms with E-state index in [1.54, 1.807) is 0 Å². The van der Waals surface area contributed by atoms with Crippen LogP contribution in [0.15, 0.2) is 18.2 Å². The summed E-state index contributed by atoms with van der Waals surface area (Å²) >= 11 is 0. The van der Waals surface area contributed by atoms with Crippen molar-refractivity contribution in [1.29, 1.82) is 0 Å². The molecule has 0 bridgehead atoms. The van der Waals surface area contributed by atoms with Crippen LogP contribution in [0, 0.1) is 19.3 Å². The second kappa shape index (κ2) is 5.70. The fourth-order valence-corrected chi connectivity index (χ4v) is 2.43. The van der Waals surface area contributed by atoms with Gasteiger partial charge < -0.3 is 4.90 Å². The van der Waals surface area contributed by atoms with E-state index in [1.165, 1.54) is 5.56 Å². The number of fused-ring (bicyclic) bond motifs is 1. The van der Waals surface area contributed by atoms with Crippen LogP contribution in [0.4, 0.5) is 5.69 Å². The predicted molar refractivity (Wildman–Crippen MR) is 73.6 cm³/mol. The van der Waals surface area contributed by atoms with Gasteiger partial charge in [0.2, 0.25) is 5.91 Å². The maximum Gasteiger partial charge on any atom is 0.240 e. The van der Waals surface area contributed by atoms with Gasteiger partial charge in [0.05, 0.1) is 13.1 Å². The molecule has 0 aromatic heterocycles. The molecule has 0 saturated heterocycles. The zero-order valence-corrected chi connectivity index (χ0v) is 10.7. The largest absolute Gasteiger partial charge is 0.311 e. The number of aryl methyl sites for hydroxylation is 2. The van der Waals surface area contributed by atoms with Crippen molar-refractivity contribution in [1.82, 2.24) is 5.32 Å². The molecule has 0 unspecified atom stereocenters. The second-order valence-electron chi connectivity index (χ2n) is 4.54. The van der Waals surface area contributed by atoms with Crippen LogP contribution in [0.2, 0.25) is 0 Å². The Morgan fingerprint density at radius 3 is 3.17 bits per heavy atom. The maximum atomic E-state index is 12.2. The average molecular weight is 242 g/mol. The minimum atomic E-state index is 0.0977. The molecule has 1 heterocycles. The lowest BCUT2D eigenvalue weighted by Crippen LogP contribution is -2.41. The Morgan fingerprint density at radius 2 is 2.39 bits per heavy atom. The topological polar surface area (TPSA) is 32.3 Å². The lowest BCUT2D eigenvalue weighted by molar-refractivity contribution is -0.117. The van der Waals surface area contributed by atoms with E-state index in [4.69, 9.17) is 6.42 Å². The molecule has 2 rings (SSSR count). The first kappa shape index (κ1) is 12.7. The van der Waals surface area contributed by atoms with E-state index >= 15 is 0 Å². The molecule has 3 nitrogen and oxygen atoms in total. The Balaban J connectivity index is 2.17. The van der Waals surface area contributed by atoms with Crippen molar-refractivity contribution in [2.75, 3.05) is 24.5 Å². The quantitative estimate of drug-likeness (QED) is 0.643. The third kappa shape index (κ3) is 2.55. The van der Waals surface area contributed by atoms with Gasteiger partial charge in [-0.25, -0.2) is 0 Å². The van der Waals surface area contributed by atoms with Crippen molar-refractivity contribution in [3.05, 3.63) is 29.3 Å². The van der Waals surface area contributed by atoms with Crippen molar-refractivity contribution in [2.45, 2.75) is 19.8 Å². The van der Waals surface area contributed by atoms with Crippen LogP contribution < -0.4 is 10.2 Å². The average Bonchev–Trinajstić information content (AvgIpc) is 2.38. The number of carbonyl (C=O) groups excluding carboxylic acids is 1. The van der Waals surface area contributed by atoms with E-state index in [-0.39, 0.29) is 5.91 Å². The molecule has 1 aromatic carbocycles. The SMILES string of the molecule is C#CCNCC(=O)N1CCCc2cccc(C)c21. The number of hydrogen-bond donors (Lipinski definition) is 1. The van der Waals surface area contributed by atoms with Crippen LogP contribution in [0.3, 0.4) is 0 Å². The van der Waals surface area contributed by atoms with Crippen molar-refractivity contribution >= 4 is 11.6 Å². The summed E-state index contributed by atoms with van der Waals surface area (Å²) in [7, 11) is 0. The molecular formula is C15H18N2O. The van der Waals surface area contributed by atoms with Gasteiger partial charge in [0.1, 0.15) is 0 Å². The zero-order chi connectivity index (χ0) is 13.0. The van der Waals surface area contributed by atoms with Gasteiger partial charge >= 0.3 is 0 Å². The summed E-state index contributed by atoms with van der Waals surface area (Å²) < 4.78 is 0. The highest BCUT2D eigenvalue weighted by Crippen LogP contribution is 2.30. The molecule has 3 heteroatoms. The number of nitrogens with one attached hydrogen (secondary N) is 1. The van der Waals surface area contributed by atoms with Crippen LogP contribution in [0.25, 0.3) is 0 Å². The summed E-state index contributed by atoms with van der Waals surface area (Å²) in [5.74, 6) is 2.57. The van der Waals surface area contributed by atoms with E-state index < -0.39 is 0 Å². The van der Waals surface area contributed by atoms with Crippen molar-refractivity contribution < 1.29 is 4.79 Å². The number of carbonyl (C=O) groups is 1. The second-order valence-corrected chi connectivity index (χ2v) is 4.54. The summed E-state index contributed by atoms with van der Waals surface area (Å²) in [6, 6.07) is 6.22. The van der Waals surface area contributed by atoms with Crippen LogP contribution in [0.5, 0.6) is 0 Å². The van der Waals surface area contributed by atoms with Gasteiger partial charge in [0.25, 0.3) is 0 Å². The molecule has 0 aliphatic carbocycles. The zero-order valence-electron chi connectivity index (χ0n) is 10.7. The third-order valence-electron chi connectivity index (χ3n) is 3.22. The fraction of sp³-hybridized carbons (Fsp3) is 0.400. The highest BCUT2D eigenvalue weighted by atomic mass is 16.2. The minimum absolute atomic E-state index is 0.0977. The summed E-state index contributed by atoms with van der Waals surface area (Å²) in [6.45, 7) is 3.59. The van der Waals surface area contributed by atoms with E-state index in [9.17, 15) is 4.79 Å². The molecule has 0 spiro atoms. The van der Waals surface area contributed by atoms with Gasteiger partial charge in [-0.05, 0) is 30.9 Å². The molecule has 1 aliphatic heterocycles. The monoisotopic (exact) mass is 242 g/mol. The molecule has 94 valence electrons. The van der Waals surface area contributed by atoms with Gasteiger partial charge in [-0.2, -0.15) is 0 Å². The first-order valence-electron chi connectivity index (χ1n) is 6.27. The Kier molecular flexibility index (Phi) is 4.01. The summed E-state index contributed by atoms with van der Waals surface area (Å²) in [6.07, 6.45) is 7.24. The van der Waals surface area contributed by atoms with Gasteiger partial charge in [-0.3, -0.25) is 10.1 Å². The molecule has 0 atom stereocenters. The van der Waals surface area contributed by atoms with Gasteiger partial charge in [0, 0.05) is 12.2 Å². The number of hydrogen-bond acceptors (Lipinski definition) is 2. The molecule has 1 amide bonds. The molecule has 1 aromatic rings. The highest BCUT2D eigenvalue weighted by Gasteiger charge is 2.23. The first-order chi connectivity index (χ1) is 8.74. The maximum absolute atomic E-state index is 12.2. The predicted octanol–water partition coefficient (Wildman–Crippen LogP) is 1.50. The number of terminal acetylenes is 1. The van der Waals surface area contributed by atoms with Gasteiger partial charge in [-0.15, -0.1) is 6.42 Å². The Morgan fingerprint density at radius 1 is 1.56 bits per heavy atom. The number of rotatable bonds is 3. The molecular weight excluding hydrogens is 224 g/mol. The van der Waals surface area contributed by atoms with Crippen LogP contribution in [-0.2, 0) is 11.2 Å². The number of anilines is 1. The van der Waals surface area contributed by atoms with Gasteiger partial charge in [0.15, 0.2) is 0 Å². The molecule has 0 fully saturated rings. The van der Waals surface area contributed by atoms with Crippen molar-refractivity contribution in [3.8, 4) is 12.3 Å². The molecule has 1 N–H and O–H groups in total. The number of benzene rings is 1. The minimum Gasteiger partial charge on any atom is -0.311 e. The van der Waals surface area contributed by atoms with E-state index in [1.807, 2.05) is 4.90 Å². The Bertz CT molecular complexity index is 488. The highest BCUT2D eigenvalue weighted by molar-refractivity contribution is 5.96. The molecule has 1 aliphatic rings.